The summed E-state index contributed by atoms with van der Waals surface area (Å²) in [5.74, 6) is 1.95. The van der Waals surface area contributed by atoms with Crippen LogP contribution in [0, 0.1) is 6.92 Å². The number of hydrogen-bond acceptors (Lipinski definition) is 3. The summed E-state index contributed by atoms with van der Waals surface area (Å²) < 4.78 is 0. The third-order valence-electron chi connectivity index (χ3n) is 3.35. The molecule has 0 aromatic heterocycles. The van der Waals surface area contributed by atoms with Crippen LogP contribution >= 0.6 is 35.7 Å². The van der Waals surface area contributed by atoms with Crippen LogP contribution in [0.3, 0.4) is 0 Å². The zero-order valence-corrected chi connectivity index (χ0v) is 18.6. The third-order valence-corrected chi connectivity index (χ3v) is 4.05. The van der Waals surface area contributed by atoms with Crippen molar-refractivity contribution in [3.05, 3.63) is 35.4 Å². The first-order valence-electron chi connectivity index (χ1n) is 8.53. The van der Waals surface area contributed by atoms with E-state index < -0.39 is 0 Å². The highest BCUT2D eigenvalue weighted by molar-refractivity contribution is 14.0. The average molecular weight is 478 g/mol. The highest BCUT2D eigenvalue weighted by atomic mass is 127. The molecule has 0 fully saturated rings. The molecule has 0 aliphatic rings. The van der Waals surface area contributed by atoms with E-state index in [2.05, 4.69) is 27.2 Å². The summed E-state index contributed by atoms with van der Waals surface area (Å²) in [6.45, 7) is 6.89. The number of carbonyl (C=O) groups excluding carboxylic acids is 1. The number of unbranched alkanes of at least 4 members (excludes halogenated alkanes) is 1. The van der Waals surface area contributed by atoms with Crippen molar-refractivity contribution in [1.29, 1.82) is 0 Å². The molecule has 0 unspecified atom stereocenters. The lowest BCUT2D eigenvalue weighted by molar-refractivity contribution is 0.0954. The standard InChI is InChI=1S/C18H30N4OS.HI/c1-4-19-18(21-10-5-6-13-24-3)22-12-11-20-17(23)16-9-7-8-15(2)14-16;/h7-9,14H,4-6,10-13H2,1-3H3,(H,20,23)(H2,19,21,22);1H. The topological polar surface area (TPSA) is 65.5 Å². The van der Waals surface area contributed by atoms with Gasteiger partial charge >= 0.3 is 0 Å². The number of hydrogen-bond donors (Lipinski definition) is 3. The SMILES string of the molecule is CCNC(=NCCCCSC)NCCNC(=O)c1cccc(C)c1.I. The first-order chi connectivity index (χ1) is 11.7. The van der Waals surface area contributed by atoms with E-state index in [1.54, 1.807) is 0 Å². The molecule has 1 rings (SSSR count). The van der Waals surface area contributed by atoms with E-state index in [1.165, 1.54) is 12.2 Å². The molecule has 0 atom stereocenters. The van der Waals surface area contributed by atoms with Gasteiger partial charge in [0, 0.05) is 31.7 Å². The Morgan fingerprint density at radius 1 is 1.16 bits per heavy atom. The predicted octanol–water partition coefficient (Wildman–Crippen LogP) is 3.04. The van der Waals surface area contributed by atoms with Crippen molar-refractivity contribution in [2.75, 3.05) is 38.2 Å². The van der Waals surface area contributed by atoms with Gasteiger partial charge in [-0.25, -0.2) is 0 Å². The summed E-state index contributed by atoms with van der Waals surface area (Å²) in [5.41, 5.74) is 1.79. The molecule has 1 aromatic carbocycles. The molecule has 0 aliphatic heterocycles. The zero-order chi connectivity index (χ0) is 17.6. The van der Waals surface area contributed by atoms with Gasteiger partial charge in [0.2, 0.25) is 0 Å². The van der Waals surface area contributed by atoms with Crippen molar-refractivity contribution in [2.24, 2.45) is 4.99 Å². The van der Waals surface area contributed by atoms with E-state index in [0.29, 0.717) is 18.7 Å². The minimum Gasteiger partial charge on any atom is -0.357 e. The molecule has 3 N–H and O–H groups in total. The summed E-state index contributed by atoms with van der Waals surface area (Å²) >= 11 is 1.87. The van der Waals surface area contributed by atoms with Crippen molar-refractivity contribution in [2.45, 2.75) is 26.7 Å². The molecule has 5 nitrogen and oxygen atoms in total. The minimum absolute atomic E-state index is 0. The van der Waals surface area contributed by atoms with Crippen molar-refractivity contribution in [3.63, 3.8) is 0 Å². The normalized spacial score (nSPS) is 10.8. The number of benzene rings is 1. The number of amides is 1. The number of guanidine groups is 1. The molecular weight excluding hydrogens is 447 g/mol. The van der Waals surface area contributed by atoms with Crippen LogP contribution in [0.5, 0.6) is 0 Å². The lowest BCUT2D eigenvalue weighted by Crippen LogP contribution is -2.41. The van der Waals surface area contributed by atoms with Crippen molar-refractivity contribution >= 4 is 47.6 Å². The van der Waals surface area contributed by atoms with Gasteiger partial charge in [0.15, 0.2) is 5.96 Å². The molecule has 0 radical (unpaired) electrons. The molecule has 0 bridgehead atoms. The average Bonchev–Trinajstić information content (AvgIpc) is 2.58. The van der Waals surface area contributed by atoms with Gasteiger partial charge in [-0.2, -0.15) is 11.8 Å². The second-order valence-electron chi connectivity index (χ2n) is 5.51. The highest BCUT2D eigenvalue weighted by Gasteiger charge is 2.04. The number of nitrogens with zero attached hydrogens (tertiary/aromatic N) is 1. The van der Waals surface area contributed by atoms with Gasteiger partial charge < -0.3 is 16.0 Å². The summed E-state index contributed by atoms with van der Waals surface area (Å²) in [5, 5.41) is 9.39. The Hall–Kier alpha value is -0.960. The van der Waals surface area contributed by atoms with Crippen molar-refractivity contribution in [1.82, 2.24) is 16.0 Å². The Labute approximate surface area is 173 Å². The monoisotopic (exact) mass is 478 g/mol. The first-order valence-corrected chi connectivity index (χ1v) is 9.92. The van der Waals surface area contributed by atoms with Crippen molar-refractivity contribution in [3.8, 4) is 0 Å². The van der Waals surface area contributed by atoms with E-state index >= 15 is 0 Å². The first kappa shape index (κ1) is 24.0. The van der Waals surface area contributed by atoms with E-state index in [-0.39, 0.29) is 29.9 Å². The predicted molar refractivity (Wildman–Crippen MR) is 121 cm³/mol. The molecule has 25 heavy (non-hydrogen) atoms. The van der Waals surface area contributed by atoms with Gasteiger partial charge in [-0.15, -0.1) is 24.0 Å². The molecule has 0 spiro atoms. The van der Waals surface area contributed by atoms with Crippen LogP contribution in [-0.2, 0) is 0 Å². The van der Waals surface area contributed by atoms with Crippen LogP contribution in [0.25, 0.3) is 0 Å². The maximum atomic E-state index is 12.1. The summed E-state index contributed by atoms with van der Waals surface area (Å²) in [4.78, 5) is 16.6. The smallest absolute Gasteiger partial charge is 0.251 e. The fourth-order valence-corrected chi connectivity index (χ4v) is 2.63. The lowest BCUT2D eigenvalue weighted by Gasteiger charge is -2.12. The number of nitrogens with one attached hydrogen (secondary N) is 3. The largest absolute Gasteiger partial charge is 0.357 e. The van der Waals surface area contributed by atoms with E-state index in [4.69, 9.17) is 0 Å². The molecule has 0 saturated carbocycles. The molecule has 1 amide bonds. The fraction of sp³-hybridized carbons (Fsp3) is 0.556. The maximum Gasteiger partial charge on any atom is 0.251 e. The third kappa shape index (κ3) is 11.3. The number of carbonyl (C=O) groups is 1. The number of rotatable bonds is 10. The van der Waals surface area contributed by atoms with Gasteiger partial charge in [0.05, 0.1) is 0 Å². The van der Waals surface area contributed by atoms with Gasteiger partial charge in [-0.05, 0) is 50.8 Å². The van der Waals surface area contributed by atoms with Crippen molar-refractivity contribution < 1.29 is 4.79 Å². The number of aryl methyl sites for hydroxylation is 1. The van der Waals surface area contributed by atoms with E-state index in [9.17, 15) is 4.79 Å². The summed E-state index contributed by atoms with van der Waals surface area (Å²) in [6.07, 6.45) is 4.41. The molecule has 0 saturated heterocycles. The van der Waals surface area contributed by atoms with E-state index in [0.717, 1.165) is 31.0 Å². The maximum absolute atomic E-state index is 12.1. The molecular formula is C18H31IN4OS. The van der Waals surface area contributed by atoms with Gasteiger partial charge in [-0.3, -0.25) is 9.79 Å². The van der Waals surface area contributed by atoms with Gasteiger partial charge in [-0.1, -0.05) is 17.7 Å². The highest BCUT2D eigenvalue weighted by Crippen LogP contribution is 2.03. The molecule has 0 aliphatic carbocycles. The van der Waals surface area contributed by atoms with Crippen LogP contribution in [0.15, 0.2) is 29.3 Å². The van der Waals surface area contributed by atoms with Crippen LogP contribution in [-0.4, -0.2) is 50.1 Å². The number of thioether (sulfide) groups is 1. The number of aliphatic imine (C=N–C) groups is 1. The van der Waals surface area contributed by atoms with Crippen LogP contribution < -0.4 is 16.0 Å². The second kappa shape index (κ2) is 15.3. The molecule has 7 heteroatoms. The Kier molecular flexibility index (Phi) is 14.7. The summed E-state index contributed by atoms with van der Waals surface area (Å²) in [7, 11) is 0. The number of halogens is 1. The Balaban J connectivity index is 0.00000576. The minimum atomic E-state index is -0.0421. The van der Waals surface area contributed by atoms with Crippen LogP contribution in [0.2, 0.25) is 0 Å². The molecule has 0 heterocycles. The molecule has 142 valence electrons. The van der Waals surface area contributed by atoms with E-state index in [1.807, 2.05) is 49.9 Å². The van der Waals surface area contributed by atoms with Crippen LogP contribution in [0.4, 0.5) is 0 Å². The zero-order valence-electron chi connectivity index (χ0n) is 15.4. The fourth-order valence-electron chi connectivity index (χ4n) is 2.14. The lowest BCUT2D eigenvalue weighted by atomic mass is 10.1. The Morgan fingerprint density at radius 2 is 1.92 bits per heavy atom. The Bertz CT molecular complexity index is 526. The van der Waals surface area contributed by atoms with Gasteiger partial charge in [0.25, 0.3) is 5.91 Å². The van der Waals surface area contributed by atoms with Crippen LogP contribution in [0.1, 0.15) is 35.7 Å². The Morgan fingerprint density at radius 3 is 2.60 bits per heavy atom. The van der Waals surface area contributed by atoms with Gasteiger partial charge in [0.1, 0.15) is 0 Å². The second-order valence-corrected chi connectivity index (χ2v) is 6.50. The quantitative estimate of drug-likeness (QED) is 0.209. The molecule has 1 aromatic rings. The summed E-state index contributed by atoms with van der Waals surface area (Å²) in [6, 6.07) is 7.60.